The summed E-state index contributed by atoms with van der Waals surface area (Å²) in [6.45, 7) is 11.1. The lowest BCUT2D eigenvalue weighted by Gasteiger charge is -2.25. The molecule has 1 amide bonds. The number of ether oxygens (including phenoxy) is 1. The van der Waals surface area contributed by atoms with Crippen molar-refractivity contribution in [2.45, 2.75) is 45.0 Å². The summed E-state index contributed by atoms with van der Waals surface area (Å²) >= 11 is 0. The van der Waals surface area contributed by atoms with Crippen molar-refractivity contribution in [3.05, 3.63) is 126 Å². The number of hydrogen-bond acceptors (Lipinski definition) is 4. The van der Waals surface area contributed by atoms with E-state index in [9.17, 15) is 14.3 Å². The number of benzene rings is 3. The van der Waals surface area contributed by atoms with E-state index in [1.54, 1.807) is 30.4 Å². The molecule has 6 nitrogen and oxygen atoms in total. The number of hydrogen-bond donors (Lipinski definition) is 3. The van der Waals surface area contributed by atoms with Gasteiger partial charge in [-0.25, -0.2) is 4.39 Å². The van der Waals surface area contributed by atoms with Crippen LogP contribution in [0, 0.1) is 5.82 Å². The number of rotatable bonds is 15. The molecule has 41 heavy (non-hydrogen) atoms. The van der Waals surface area contributed by atoms with E-state index in [4.69, 9.17) is 4.74 Å². The molecule has 214 valence electrons. The van der Waals surface area contributed by atoms with Crippen LogP contribution < -0.4 is 15.4 Å². The maximum absolute atomic E-state index is 14.7. The van der Waals surface area contributed by atoms with Crippen LogP contribution in [-0.4, -0.2) is 40.9 Å². The number of nitrogens with one attached hydrogen (secondary N) is 2. The number of allylic oxidation sites excluding steroid dienone is 1. The fourth-order valence-electron chi connectivity index (χ4n) is 4.82. The minimum Gasteiger partial charge on any atom is -0.486 e. The van der Waals surface area contributed by atoms with Gasteiger partial charge < -0.3 is 25.0 Å². The van der Waals surface area contributed by atoms with Gasteiger partial charge in [0.05, 0.1) is 12.1 Å². The van der Waals surface area contributed by atoms with Crippen LogP contribution in [0.5, 0.6) is 5.75 Å². The Morgan fingerprint density at radius 1 is 1.05 bits per heavy atom. The van der Waals surface area contributed by atoms with Crippen molar-refractivity contribution in [1.29, 1.82) is 0 Å². The molecule has 0 unspecified atom stereocenters. The Bertz CT molecular complexity index is 1500. The van der Waals surface area contributed by atoms with Crippen molar-refractivity contribution in [3.8, 4) is 5.75 Å². The molecule has 0 aliphatic rings. The molecule has 0 aliphatic carbocycles. The van der Waals surface area contributed by atoms with Crippen molar-refractivity contribution < 1.29 is 19.0 Å². The number of aliphatic hydroxyl groups excluding tert-OH is 1. The third kappa shape index (κ3) is 7.93. The molecule has 3 aromatic carbocycles. The van der Waals surface area contributed by atoms with Gasteiger partial charge in [0.1, 0.15) is 6.61 Å². The maximum atomic E-state index is 14.7. The van der Waals surface area contributed by atoms with Crippen molar-refractivity contribution >= 4 is 16.8 Å². The average molecular weight is 556 g/mol. The van der Waals surface area contributed by atoms with Crippen molar-refractivity contribution in [1.82, 2.24) is 15.2 Å². The first-order valence-corrected chi connectivity index (χ1v) is 13.9. The number of aryl methyl sites for hydroxylation is 1. The molecule has 1 aromatic heterocycles. The van der Waals surface area contributed by atoms with Crippen LogP contribution in [0.1, 0.15) is 34.0 Å². The predicted molar refractivity (Wildman–Crippen MR) is 163 cm³/mol. The zero-order valence-corrected chi connectivity index (χ0v) is 23.5. The third-order valence-electron chi connectivity index (χ3n) is 7.03. The molecule has 0 radical (unpaired) electrons. The summed E-state index contributed by atoms with van der Waals surface area (Å²) in [6, 6.07) is 19.8. The number of fused-ring (bicyclic) bond motifs is 1. The highest BCUT2D eigenvalue weighted by atomic mass is 19.1. The summed E-state index contributed by atoms with van der Waals surface area (Å²) in [6.07, 6.45) is 5.56. The molecule has 1 heterocycles. The number of amides is 1. The SMILES string of the molecule is C=CCOc1ccc(C[C@H](NC(=O)c2ccc3ccn(CC=C)c3c2)[C@H](O)CNCc2cccc(CC)c2)cc1F. The summed E-state index contributed by atoms with van der Waals surface area (Å²) in [5.41, 5.74) is 4.38. The highest BCUT2D eigenvalue weighted by Gasteiger charge is 2.23. The van der Waals surface area contributed by atoms with Gasteiger partial charge in [-0.1, -0.05) is 62.1 Å². The van der Waals surface area contributed by atoms with Gasteiger partial charge >= 0.3 is 0 Å². The van der Waals surface area contributed by atoms with Gasteiger partial charge in [0.2, 0.25) is 0 Å². The van der Waals surface area contributed by atoms with Gasteiger partial charge in [0.25, 0.3) is 5.91 Å². The lowest BCUT2D eigenvalue weighted by atomic mass is 9.99. The fraction of sp³-hybridized carbons (Fsp3) is 0.265. The van der Waals surface area contributed by atoms with Crippen LogP contribution in [0.4, 0.5) is 4.39 Å². The Morgan fingerprint density at radius 3 is 2.63 bits per heavy atom. The van der Waals surface area contributed by atoms with Gasteiger partial charge in [-0.05, 0) is 65.3 Å². The number of halogens is 1. The zero-order valence-electron chi connectivity index (χ0n) is 23.5. The molecule has 0 bridgehead atoms. The molecule has 0 fully saturated rings. The second-order valence-electron chi connectivity index (χ2n) is 10.1. The van der Waals surface area contributed by atoms with E-state index in [0.29, 0.717) is 24.2 Å². The van der Waals surface area contributed by atoms with E-state index in [1.165, 1.54) is 11.6 Å². The zero-order chi connectivity index (χ0) is 29.2. The van der Waals surface area contributed by atoms with Crippen molar-refractivity contribution in [2.24, 2.45) is 0 Å². The van der Waals surface area contributed by atoms with Crippen LogP contribution in [0.2, 0.25) is 0 Å². The highest BCUT2D eigenvalue weighted by Crippen LogP contribution is 2.21. The van der Waals surface area contributed by atoms with Gasteiger partial charge in [0, 0.05) is 36.9 Å². The lowest BCUT2D eigenvalue weighted by molar-refractivity contribution is 0.0830. The smallest absolute Gasteiger partial charge is 0.251 e. The average Bonchev–Trinajstić information content (AvgIpc) is 3.38. The largest absolute Gasteiger partial charge is 0.486 e. The molecule has 0 saturated heterocycles. The summed E-state index contributed by atoms with van der Waals surface area (Å²) < 4.78 is 22.1. The molecule has 0 saturated carbocycles. The normalized spacial score (nSPS) is 12.6. The summed E-state index contributed by atoms with van der Waals surface area (Å²) in [4.78, 5) is 13.4. The van der Waals surface area contributed by atoms with E-state index in [-0.39, 0.29) is 31.2 Å². The first-order valence-electron chi connectivity index (χ1n) is 13.9. The molecule has 0 spiro atoms. The number of aliphatic hydroxyl groups is 1. The van der Waals surface area contributed by atoms with Crippen molar-refractivity contribution in [2.75, 3.05) is 13.2 Å². The molecule has 4 aromatic rings. The minimum atomic E-state index is -0.929. The Hall–Kier alpha value is -4.20. The van der Waals surface area contributed by atoms with Crippen molar-refractivity contribution in [3.63, 3.8) is 0 Å². The Labute approximate surface area is 241 Å². The standard InChI is InChI=1S/C34H38FN3O3/c1-4-15-38-16-14-27-11-12-28(21-31(27)38)34(40)37-30(20-25-10-13-33(29(35)19-25)41-17-5-2)32(39)23-36-22-26-9-7-8-24(6-3)18-26/h4-5,7-14,16,18-19,21,30,32,36,39H,1-2,6,15,17,20,22-23H2,3H3,(H,37,40)/t30-,32+/m0/s1. The van der Waals surface area contributed by atoms with Crippen LogP contribution in [0.25, 0.3) is 10.9 Å². The Morgan fingerprint density at radius 2 is 1.88 bits per heavy atom. The minimum absolute atomic E-state index is 0.126. The predicted octanol–water partition coefficient (Wildman–Crippen LogP) is 5.59. The first-order chi connectivity index (χ1) is 19.9. The van der Waals surface area contributed by atoms with Crippen LogP contribution in [-0.2, 0) is 25.9 Å². The fourth-order valence-corrected chi connectivity index (χ4v) is 4.82. The molecule has 4 rings (SSSR count). The number of carbonyl (C=O) groups excluding carboxylic acids is 1. The monoisotopic (exact) mass is 555 g/mol. The maximum Gasteiger partial charge on any atom is 0.251 e. The molecular weight excluding hydrogens is 517 g/mol. The van der Waals surface area contributed by atoms with E-state index in [2.05, 4.69) is 42.8 Å². The van der Waals surface area contributed by atoms with Crippen LogP contribution in [0.3, 0.4) is 0 Å². The summed E-state index contributed by atoms with van der Waals surface area (Å²) in [5, 5.41) is 18.5. The Balaban J connectivity index is 1.51. The molecular formula is C34H38FN3O3. The molecule has 3 N–H and O–H groups in total. The topological polar surface area (TPSA) is 75.5 Å². The van der Waals surface area contributed by atoms with E-state index < -0.39 is 18.0 Å². The highest BCUT2D eigenvalue weighted by molar-refractivity contribution is 5.98. The summed E-state index contributed by atoms with van der Waals surface area (Å²) in [5.74, 6) is -0.697. The molecule has 0 aliphatic heterocycles. The Kier molecular flexibility index (Phi) is 10.5. The van der Waals surface area contributed by atoms with Gasteiger partial charge in [-0.2, -0.15) is 0 Å². The van der Waals surface area contributed by atoms with E-state index in [1.807, 2.05) is 41.1 Å². The quantitative estimate of drug-likeness (QED) is 0.167. The van der Waals surface area contributed by atoms with E-state index in [0.717, 1.165) is 22.9 Å². The van der Waals surface area contributed by atoms with E-state index >= 15 is 0 Å². The molecule has 7 heteroatoms. The van der Waals surface area contributed by atoms with Crippen LogP contribution in [0.15, 0.2) is 98.2 Å². The second-order valence-corrected chi connectivity index (χ2v) is 10.1. The first kappa shape index (κ1) is 29.8. The summed E-state index contributed by atoms with van der Waals surface area (Å²) in [7, 11) is 0. The number of aromatic nitrogens is 1. The lowest BCUT2D eigenvalue weighted by Crippen LogP contribution is -2.48. The number of nitrogens with zero attached hydrogens (tertiary/aromatic N) is 1. The third-order valence-corrected chi connectivity index (χ3v) is 7.03. The number of carbonyl (C=O) groups is 1. The van der Waals surface area contributed by atoms with Gasteiger partial charge in [-0.3, -0.25) is 4.79 Å². The van der Waals surface area contributed by atoms with Crippen LogP contribution >= 0.6 is 0 Å². The molecule has 2 atom stereocenters. The second kappa shape index (κ2) is 14.4. The van der Waals surface area contributed by atoms with Gasteiger partial charge in [0.15, 0.2) is 11.6 Å². The van der Waals surface area contributed by atoms with Gasteiger partial charge in [-0.15, -0.1) is 6.58 Å².